The summed E-state index contributed by atoms with van der Waals surface area (Å²) >= 11 is 8.79. The normalized spacial score (nSPS) is 12.0. The minimum atomic E-state index is -0.571. The highest BCUT2D eigenvalue weighted by molar-refractivity contribution is 8.00. The Morgan fingerprint density at radius 3 is 2.89 bits per heavy atom. The first kappa shape index (κ1) is 19.5. The van der Waals surface area contributed by atoms with Crippen LogP contribution in [0.2, 0.25) is 5.02 Å². The van der Waals surface area contributed by atoms with E-state index in [-0.39, 0.29) is 5.91 Å². The molecule has 3 aromatic rings. The fraction of sp³-hybridized carbons (Fsp3) is 0.167. The lowest BCUT2D eigenvalue weighted by atomic mass is 10.2. The first-order valence-electron chi connectivity index (χ1n) is 8.02. The monoisotopic (exact) mass is 420 g/mol. The number of halogens is 1. The van der Waals surface area contributed by atoms with Crippen LogP contribution in [0, 0.1) is 6.92 Å². The number of carbonyl (C=O) groups excluding carboxylic acids is 2. The van der Waals surface area contributed by atoms with Crippen LogP contribution >= 0.6 is 34.7 Å². The topological polar surface area (TPSA) is 90.0 Å². The second kappa shape index (κ2) is 8.16. The van der Waals surface area contributed by atoms with Crippen molar-refractivity contribution in [2.45, 2.75) is 24.3 Å². The van der Waals surface area contributed by atoms with E-state index in [0.717, 1.165) is 11.3 Å². The summed E-state index contributed by atoms with van der Waals surface area (Å²) in [5.41, 5.74) is 7.46. The zero-order valence-electron chi connectivity index (χ0n) is 14.6. The molecule has 2 aromatic heterocycles. The molecule has 0 saturated carbocycles. The fourth-order valence-corrected chi connectivity index (χ4v) is 4.28. The Bertz CT molecular complexity index is 999. The molecule has 0 spiro atoms. The molecule has 0 saturated heterocycles. The van der Waals surface area contributed by atoms with Gasteiger partial charge in [0.25, 0.3) is 5.91 Å². The highest BCUT2D eigenvalue weighted by atomic mass is 35.5. The van der Waals surface area contributed by atoms with Crippen LogP contribution < -0.4 is 11.1 Å². The number of nitrogens with zero attached hydrogens (tertiary/aromatic N) is 2. The lowest BCUT2D eigenvalue weighted by Crippen LogP contribution is -2.24. The van der Waals surface area contributed by atoms with E-state index in [2.05, 4.69) is 10.3 Å². The molecule has 0 fully saturated rings. The molecule has 3 N–H and O–H groups in total. The molecule has 6 nitrogen and oxygen atoms in total. The SMILES string of the molecule is Cc1c(Cl)cccc1-n1ccnc1SC(C)C(=O)Nc1sccc1C(N)=O. The maximum atomic E-state index is 12.5. The van der Waals surface area contributed by atoms with Crippen LogP contribution in [-0.2, 0) is 4.79 Å². The number of primary amides is 1. The third-order valence-electron chi connectivity index (χ3n) is 3.92. The van der Waals surface area contributed by atoms with Crippen LogP contribution in [0.1, 0.15) is 22.8 Å². The maximum Gasteiger partial charge on any atom is 0.251 e. The van der Waals surface area contributed by atoms with E-state index in [0.29, 0.717) is 20.7 Å². The summed E-state index contributed by atoms with van der Waals surface area (Å²) in [7, 11) is 0. The van der Waals surface area contributed by atoms with E-state index in [1.165, 1.54) is 23.1 Å². The molecular weight excluding hydrogens is 404 g/mol. The van der Waals surface area contributed by atoms with Crippen LogP contribution in [0.4, 0.5) is 5.00 Å². The predicted octanol–water partition coefficient (Wildman–Crippen LogP) is 4.11. The van der Waals surface area contributed by atoms with Crippen molar-refractivity contribution in [3.05, 3.63) is 58.2 Å². The second-order valence-corrected chi connectivity index (χ2v) is 8.37. The van der Waals surface area contributed by atoms with Gasteiger partial charge in [0.2, 0.25) is 5.91 Å². The molecule has 27 heavy (non-hydrogen) atoms. The zero-order valence-corrected chi connectivity index (χ0v) is 17.0. The first-order valence-corrected chi connectivity index (χ1v) is 10.2. The average molecular weight is 421 g/mol. The molecule has 0 radical (unpaired) electrons. The number of hydrogen-bond donors (Lipinski definition) is 2. The highest BCUT2D eigenvalue weighted by Crippen LogP contribution is 2.30. The van der Waals surface area contributed by atoms with Crippen molar-refractivity contribution in [2.75, 3.05) is 5.32 Å². The third-order valence-corrected chi connectivity index (χ3v) is 6.24. The molecule has 2 heterocycles. The van der Waals surface area contributed by atoms with E-state index in [1.54, 1.807) is 24.6 Å². The van der Waals surface area contributed by atoms with Crippen molar-refractivity contribution in [3.63, 3.8) is 0 Å². The number of rotatable bonds is 6. The Morgan fingerprint density at radius 2 is 2.15 bits per heavy atom. The molecule has 0 bridgehead atoms. The van der Waals surface area contributed by atoms with Gasteiger partial charge in [-0.15, -0.1) is 11.3 Å². The summed E-state index contributed by atoms with van der Waals surface area (Å²) in [6.07, 6.45) is 3.51. The van der Waals surface area contributed by atoms with Gasteiger partial charge in [0, 0.05) is 17.4 Å². The van der Waals surface area contributed by atoms with E-state index in [1.807, 2.05) is 35.9 Å². The lowest BCUT2D eigenvalue weighted by molar-refractivity contribution is -0.115. The lowest BCUT2D eigenvalue weighted by Gasteiger charge is -2.14. The third kappa shape index (κ3) is 4.18. The summed E-state index contributed by atoms with van der Waals surface area (Å²) in [6.45, 7) is 3.71. The molecule has 1 aromatic carbocycles. The molecule has 9 heteroatoms. The van der Waals surface area contributed by atoms with Crippen molar-refractivity contribution in [1.82, 2.24) is 9.55 Å². The van der Waals surface area contributed by atoms with E-state index < -0.39 is 11.2 Å². The first-order chi connectivity index (χ1) is 12.9. The Balaban J connectivity index is 1.77. The van der Waals surface area contributed by atoms with Crippen LogP contribution in [0.15, 0.2) is 47.2 Å². The molecule has 2 amide bonds. The summed E-state index contributed by atoms with van der Waals surface area (Å²) < 4.78 is 1.90. The number of aromatic nitrogens is 2. The summed E-state index contributed by atoms with van der Waals surface area (Å²) in [5, 5.41) is 5.83. The number of thiophene rings is 1. The maximum absolute atomic E-state index is 12.5. The van der Waals surface area contributed by atoms with Crippen LogP contribution in [0.5, 0.6) is 0 Å². The molecule has 0 aliphatic heterocycles. The Morgan fingerprint density at radius 1 is 1.37 bits per heavy atom. The number of hydrogen-bond acceptors (Lipinski definition) is 5. The van der Waals surface area contributed by atoms with Gasteiger partial charge in [-0.2, -0.15) is 0 Å². The number of nitrogens with two attached hydrogens (primary N) is 1. The summed E-state index contributed by atoms with van der Waals surface area (Å²) in [6, 6.07) is 7.24. The quantitative estimate of drug-likeness (QED) is 0.587. The van der Waals surface area contributed by atoms with Gasteiger partial charge >= 0.3 is 0 Å². The van der Waals surface area contributed by atoms with Gasteiger partial charge in [-0.05, 0) is 43.0 Å². The molecule has 1 unspecified atom stereocenters. The number of anilines is 1. The number of benzene rings is 1. The fourth-order valence-electron chi connectivity index (χ4n) is 2.44. The van der Waals surface area contributed by atoms with Crippen molar-refractivity contribution in [1.29, 1.82) is 0 Å². The molecule has 0 aliphatic rings. The van der Waals surface area contributed by atoms with Gasteiger partial charge in [0.15, 0.2) is 5.16 Å². The minimum absolute atomic E-state index is 0.234. The van der Waals surface area contributed by atoms with Crippen molar-refractivity contribution in [3.8, 4) is 5.69 Å². The number of carbonyl (C=O) groups is 2. The van der Waals surface area contributed by atoms with Gasteiger partial charge in [0.05, 0.1) is 16.5 Å². The van der Waals surface area contributed by atoms with Crippen molar-refractivity contribution >= 4 is 51.5 Å². The number of nitrogens with one attached hydrogen (secondary N) is 1. The van der Waals surface area contributed by atoms with Crippen molar-refractivity contribution in [2.24, 2.45) is 5.73 Å². The van der Waals surface area contributed by atoms with Crippen LogP contribution in [-0.4, -0.2) is 26.6 Å². The average Bonchev–Trinajstić information content (AvgIpc) is 3.26. The Hall–Kier alpha value is -2.29. The van der Waals surface area contributed by atoms with Crippen molar-refractivity contribution < 1.29 is 9.59 Å². The van der Waals surface area contributed by atoms with Crippen LogP contribution in [0.3, 0.4) is 0 Å². The van der Waals surface area contributed by atoms with E-state index in [4.69, 9.17) is 17.3 Å². The smallest absolute Gasteiger partial charge is 0.251 e. The Kier molecular flexibility index (Phi) is 5.88. The molecular formula is C18H17ClN4O2S2. The van der Waals surface area contributed by atoms with Gasteiger partial charge in [-0.25, -0.2) is 4.98 Å². The predicted molar refractivity (Wildman–Crippen MR) is 110 cm³/mol. The summed E-state index contributed by atoms with van der Waals surface area (Å²) in [5.74, 6) is -0.804. The Labute approximate surface area is 169 Å². The number of amides is 2. The minimum Gasteiger partial charge on any atom is -0.366 e. The molecule has 3 rings (SSSR count). The van der Waals surface area contributed by atoms with E-state index in [9.17, 15) is 9.59 Å². The number of thioether (sulfide) groups is 1. The van der Waals surface area contributed by atoms with E-state index >= 15 is 0 Å². The number of imidazole rings is 1. The van der Waals surface area contributed by atoms with Gasteiger partial charge < -0.3 is 11.1 Å². The molecule has 0 aliphatic carbocycles. The highest BCUT2D eigenvalue weighted by Gasteiger charge is 2.21. The van der Waals surface area contributed by atoms with Crippen LogP contribution in [0.25, 0.3) is 5.69 Å². The second-order valence-electron chi connectivity index (χ2n) is 5.74. The standard InChI is InChI=1S/C18H17ClN4O2S2/c1-10-13(19)4-3-5-14(10)23-8-7-21-18(23)27-11(2)16(25)22-17-12(15(20)24)6-9-26-17/h3-9,11H,1-2H3,(H2,20,24)(H,22,25). The molecule has 140 valence electrons. The van der Waals surface area contributed by atoms with Gasteiger partial charge in [-0.3, -0.25) is 14.2 Å². The van der Waals surface area contributed by atoms with Gasteiger partial charge in [0.1, 0.15) is 5.00 Å². The zero-order chi connectivity index (χ0) is 19.6. The molecule has 1 atom stereocenters. The largest absolute Gasteiger partial charge is 0.366 e. The summed E-state index contributed by atoms with van der Waals surface area (Å²) in [4.78, 5) is 28.3. The van der Waals surface area contributed by atoms with Gasteiger partial charge in [-0.1, -0.05) is 29.4 Å².